The maximum atomic E-state index is 12.4. The van der Waals surface area contributed by atoms with Gasteiger partial charge >= 0.3 is 0 Å². The summed E-state index contributed by atoms with van der Waals surface area (Å²) in [7, 11) is 0. The molecular formula is C21H24N6O3. The van der Waals surface area contributed by atoms with Crippen LogP contribution < -0.4 is 10.1 Å². The molecule has 1 aliphatic carbocycles. The average molecular weight is 408 g/mol. The monoisotopic (exact) mass is 408 g/mol. The second kappa shape index (κ2) is 9.91. The molecule has 30 heavy (non-hydrogen) atoms. The second-order valence-electron chi connectivity index (χ2n) is 7.30. The molecule has 3 aromatic heterocycles. The Kier molecular flexibility index (Phi) is 6.58. The Morgan fingerprint density at radius 2 is 1.87 bits per heavy atom. The first-order valence-electron chi connectivity index (χ1n) is 10.3. The maximum Gasteiger partial charge on any atom is 0.240 e. The van der Waals surface area contributed by atoms with Crippen molar-refractivity contribution in [1.29, 1.82) is 0 Å². The van der Waals surface area contributed by atoms with Crippen molar-refractivity contribution in [3.8, 4) is 17.4 Å². The first-order valence-corrected chi connectivity index (χ1v) is 10.3. The van der Waals surface area contributed by atoms with Crippen LogP contribution in [0, 0.1) is 5.92 Å². The minimum atomic E-state index is -0.202. The van der Waals surface area contributed by atoms with Gasteiger partial charge in [0.1, 0.15) is 0 Å². The number of rotatable bonds is 8. The summed E-state index contributed by atoms with van der Waals surface area (Å²) < 4.78 is 11.1. The Morgan fingerprint density at radius 3 is 2.70 bits per heavy atom. The lowest BCUT2D eigenvalue weighted by molar-refractivity contribution is -0.116. The Bertz CT molecular complexity index is 956. The predicted octanol–water partition coefficient (Wildman–Crippen LogP) is 3.45. The third-order valence-electron chi connectivity index (χ3n) is 5.03. The fraction of sp³-hybridized carbons (Fsp3) is 0.429. The van der Waals surface area contributed by atoms with Gasteiger partial charge in [-0.25, -0.2) is 15.0 Å². The summed E-state index contributed by atoms with van der Waals surface area (Å²) in [5.74, 6) is 2.43. The molecule has 9 nitrogen and oxygen atoms in total. The van der Waals surface area contributed by atoms with Crippen molar-refractivity contribution in [2.75, 3.05) is 11.9 Å². The fourth-order valence-electron chi connectivity index (χ4n) is 3.44. The van der Waals surface area contributed by atoms with Gasteiger partial charge in [-0.1, -0.05) is 24.4 Å². The number of pyridine rings is 1. The summed E-state index contributed by atoms with van der Waals surface area (Å²) >= 11 is 0. The van der Waals surface area contributed by atoms with E-state index in [1.165, 1.54) is 32.1 Å². The van der Waals surface area contributed by atoms with Crippen molar-refractivity contribution in [1.82, 2.24) is 25.1 Å². The molecule has 3 aromatic rings. The summed E-state index contributed by atoms with van der Waals surface area (Å²) in [5, 5.41) is 6.67. The average Bonchev–Trinajstić information content (AvgIpc) is 3.28. The first-order chi connectivity index (χ1) is 14.8. The van der Waals surface area contributed by atoms with Gasteiger partial charge in [0, 0.05) is 31.4 Å². The zero-order valence-corrected chi connectivity index (χ0v) is 16.7. The lowest BCUT2D eigenvalue weighted by atomic mass is 9.90. The van der Waals surface area contributed by atoms with Crippen LogP contribution in [0.15, 0.2) is 41.3 Å². The van der Waals surface area contributed by atoms with E-state index in [2.05, 4.69) is 30.4 Å². The highest BCUT2D eigenvalue weighted by Gasteiger charge is 2.17. The normalized spacial score (nSPS) is 14.4. The highest BCUT2D eigenvalue weighted by molar-refractivity contribution is 5.91. The van der Waals surface area contributed by atoms with Gasteiger partial charge in [0.25, 0.3) is 0 Å². The third kappa shape index (κ3) is 5.37. The van der Waals surface area contributed by atoms with Crippen LogP contribution in [0.2, 0.25) is 0 Å². The van der Waals surface area contributed by atoms with E-state index in [-0.39, 0.29) is 12.3 Å². The van der Waals surface area contributed by atoms with Crippen molar-refractivity contribution in [3.05, 3.63) is 42.7 Å². The molecule has 1 N–H and O–H groups in total. The summed E-state index contributed by atoms with van der Waals surface area (Å²) in [6, 6.07) is 5.34. The topological polar surface area (TPSA) is 116 Å². The standard InChI is InChI=1S/C21H24N6O3/c28-17(9-10-18-26-21(27-30-18)20-23-12-5-13-24-20)25-19-16(8-4-11-22-19)29-14-15-6-2-1-3-7-15/h4-5,8,11-13,15H,1-3,6-7,9-10,14H2,(H,22,25,28). The molecule has 0 aliphatic heterocycles. The fourth-order valence-corrected chi connectivity index (χ4v) is 3.44. The number of nitrogens with one attached hydrogen (secondary N) is 1. The summed E-state index contributed by atoms with van der Waals surface area (Å²) in [6.07, 6.45) is 11.5. The SMILES string of the molecule is O=C(CCc1nc(-c2ncccn2)no1)Nc1ncccc1OCC1CCCCC1. The number of ether oxygens (including phenoxy) is 1. The van der Waals surface area contributed by atoms with E-state index in [9.17, 15) is 4.79 Å². The minimum Gasteiger partial charge on any atom is -0.489 e. The molecule has 1 aliphatic rings. The summed E-state index contributed by atoms with van der Waals surface area (Å²) in [5.41, 5.74) is 0. The summed E-state index contributed by atoms with van der Waals surface area (Å²) in [6.45, 7) is 0.654. The van der Waals surface area contributed by atoms with E-state index in [1.54, 1.807) is 30.7 Å². The van der Waals surface area contributed by atoms with Crippen LogP contribution in [0.1, 0.15) is 44.4 Å². The Morgan fingerprint density at radius 1 is 1.07 bits per heavy atom. The Hall–Kier alpha value is -3.36. The van der Waals surface area contributed by atoms with Gasteiger partial charge in [0.2, 0.25) is 23.4 Å². The zero-order valence-electron chi connectivity index (χ0n) is 16.7. The van der Waals surface area contributed by atoms with Gasteiger partial charge in [-0.15, -0.1) is 0 Å². The third-order valence-corrected chi connectivity index (χ3v) is 5.03. The predicted molar refractivity (Wildman–Crippen MR) is 109 cm³/mol. The minimum absolute atomic E-state index is 0.177. The number of aromatic nitrogens is 5. The molecule has 0 unspecified atom stereocenters. The number of hydrogen-bond acceptors (Lipinski definition) is 8. The Labute approximate surface area is 174 Å². The lowest BCUT2D eigenvalue weighted by Crippen LogP contribution is -2.18. The lowest BCUT2D eigenvalue weighted by Gasteiger charge is -2.22. The molecule has 1 saturated carbocycles. The molecule has 0 spiro atoms. The molecule has 3 heterocycles. The van der Waals surface area contributed by atoms with E-state index in [0.29, 0.717) is 48.1 Å². The first kappa shape index (κ1) is 19.9. The van der Waals surface area contributed by atoms with Crippen molar-refractivity contribution < 1.29 is 14.1 Å². The molecular weight excluding hydrogens is 384 g/mol. The van der Waals surface area contributed by atoms with Crippen molar-refractivity contribution in [2.24, 2.45) is 5.92 Å². The van der Waals surface area contributed by atoms with Crippen molar-refractivity contribution in [3.63, 3.8) is 0 Å². The molecule has 1 fully saturated rings. The van der Waals surface area contributed by atoms with Crippen LogP contribution in [0.3, 0.4) is 0 Å². The molecule has 4 rings (SSSR count). The number of hydrogen-bond donors (Lipinski definition) is 1. The van der Waals surface area contributed by atoms with Gasteiger partial charge in [0.05, 0.1) is 6.61 Å². The highest BCUT2D eigenvalue weighted by atomic mass is 16.5. The summed E-state index contributed by atoms with van der Waals surface area (Å²) in [4.78, 5) is 29.0. The molecule has 0 atom stereocenters. The number of aryl methyl sites for hydroxylation is 1. The highest BCUT2D eigenvalue weighted by Crippen LogP contribution is 2.27. The van der Waals surface area contributed by atoms with E-state index in [4.69, 9.17) is 9.26 Å². The number of carbonyl (C=O) groups excluding carboxylic acids is 1. The van der Waals surface area contributed by atoms with Crippen LogP contribution >= 0.6 is 0 Å². The van der Waals surface area contributed by atoms with E-state index >= 15 is 0 Å². The van der Waals surface area contributed by atoms with E-state index < -0.39 is 0 Å². The number of nitrogens with zero attached hydrogens (tertiary/aromatic N) is 5. The number of amides is 1. The van der Waals surface area contributed by atoms with Crippen LogP contribution in [-0.2, 0) is 11.2 Å². The Balaban J connectivity index is 1.29. The smallest absolute Gasteiger partial charge is 0.240 e. The van der Waals surface area contributed by atoms with Crippen LogP contribution in [0.25, 0.3) is 11.6 Å². The second-order valence-corrected chi connectivity index (χ2v) is 7.30. The van der Waals surface area contributed by atoms with E-state index in [0.717, 1.165) is 0 Å². The molecule has 1 amide bonds. The molecule has 156 valence electrons. The molecule has 0 bridgehead atoms. The van der Waals surface area contributed by atoms with Crippen LogP contribution in [0.4, 0.5) is 5.82 Å². The molecule has 0 saturated heterocycles. The molecule has 9 heteroatoms. The van der Waals surface area contributed by atoms with Gasteiger partial charge in [-0.3, -0.25) is 4.79 Å². The molecule has 0 radical (unpaired) electrons. The van der Waals surface area contributed by atoms with Gasteiger partial charge in [-0.2, -0.15) is 4.98 Å². The molecule has 0 aromatic carbocycles. The van der Waals surface area contributed by atoms with Crippen molar-refractivity contribution >= 4 is 11.7 Å². The van der Waals surface area contributed by atoms with E-state index in [1.807, 2.05) is 6.07 Å². The van der Waals surface area contributed by atoms with Gasteiger partial charge in [0.15, 0.2) is 11.6 Å². The number of anilines is 1. The van der Waals surface area contributed by atoms with Crippen LogP contribution in [-0.4, -0.2) is 37.6 Å². The maximum absolute atomic E-state index is 12.4. The van der Waals surface area contributed by atoms with Gasteiger partial charge in [-0.05, 0) is 37.0 Å². The van der Waals surface area contributed by atoms with Crippen molar-refractivity contribution in [2.45, 2.75) is 44.9 Å². The quantitative estimate of drug-likeness (QED) is 0.602. The van der Waals surface area contributed by atoms with Gasteiger partial charge < -0.3 is 14.6 Å². The van der Waals surface area contributed by atoms with Crippen LogP contribution in [0.5, 0.6) is 5.75 Å². The largest absolute Gasteiger partial charge is 0.489 e. The number of carbonyl (C=O) groups is 1. The zero-order chi connectivity index (χ0) is 20.6.